The van der Waals surface area contributed by atoms with Gasteiger partial charge in [-0.25, -0.2) is 0 Å². The summed E-state index contributed by atoms with van der Waals surface area (Å²) in [4.78, 5) is 16.6. The van der Waals surface area contributed by atoms with Gasteiger partial charge in [0.15, 0.2) is 0 Å². The minimum absolute atomic E-state index is 0.320. The van der Waals surface area contributed by atoms with Crippen LogP contribution in [0.2, 0.25) is 0 Å². The molecule has 22 heavy (non-hydrogen) atoms. The van der Waals surface area contributed by atoms with Gasteiger partial charge >= 0.3 is 0 Å². The Morgan fingerprint density at radius 3 is 2.59 bits per heavy atom. The fourth-order valence-electron chi connectivity index (χ4n) is 3.42. The van der Waals surface area contributed by atoms with Gasteiger partial charge in [-0.2, -0.15) is 0 Å². The normalized spacial score (nSPS) is 20.8. The second-order valence-electron chi connectivity index (χ2n) is 6.92. The molecule has 1 amide bonds. The average Bonchev–Trinajstić information content (AvgIpc) is 2.84. The fraction of sp³-hybridized carbons (Fsp3) is 0.812. The maximum atomic E-state index is 12.2. The molecule has 2 aliphatic rings. The molecule has 6 nitrogen and oxygen atoms in total. The van der Waals surface area contributed by atoms with E-state index < -0.39 is 0 Å². The van der Waals surface area contributed by atoms with Crippen molar-refractivity contribution in [2.45, 2.75) is 38.6 Å². The molecule has 6 heteroatoms. The van der Waals surface area contributed by atoms with E-state index in [1.54, 1.807) is 6.33 Å². The third-order valence-corrected chi connectivity index (χ3v) is 5.24. The number of rotatable bonds is 5. The maximum Gasteiger partial charge on any atom is 0.225 e. The minimum Gasteiger partial charge on any atom is -0.345 e. The van der Waals surface area contributed by atoms with Crippen LogP contribution in [0, 0.1) is 11.8 Å². The molecule has 122 valence electrons. The van der Waals surface area contributed by atoms with E-state index in [0.29, 0.717) is 17.7 Å². The highest BCUT2D eigenvalue weighted by Gasteiger charge is 2.29. The molecule has 0 N–H and O–H groups in total. The van der Waals surface area contributed by atoms with E-state index in [1.807, 2.05) is 23.6 Å². The minimum atomic E-state index is 0.320. The van der Waals surface area contributed by atoms with Crippen molar-refractivity contribution in [3.05, 3.63) is 12.2 Å². The summed E-state index contributed by atoms with van der Waals surface area (Å²) in [6.45, 7) is 3.97. The lowest BCUT2D eigenvalue weighted by Crippen LogP contribution is -2.42. The van der Waals surface area contributed by atoms with Crippen molar-refractivity contribution in [3.8, 4) is 0 Å². The molecule has 0 aromatic carbocycles. The van der Waals surface area contributed by atoms with Crippen LogP contribution in [0.4, 0.5) is 0 Å². The van der Waals surface area contributed by atoms with Gasteiger partial charge in [0.2, 0.25) is 5.91 Å². The molecule has 2 heterocycles. The van der Waals surface area contributed by atoms with E-state index in [0.717, 1.165) is 44.8 Å². The molecule has 3 rings (SSSR count). The molecular formula is C16H27N5O. The zero-order valence-electron chi connectivity index (χ0n) is 13.7. The first-order valence-electron chi connectivity index (χ1n) is 8.43. The standard InChI is InChI=1S/C16H27N5O/c1-19(16(22)14-4-3-5-14)10-13-6-8-21(9-7-13)11-15-18-17-12-20(15)2/h12-14H,3-11H2,1-2H3. The number of nitrogens with zero attached hydrogens (tertiary/aromatic N) is 5. The highest BCUT2D eigenvalue weighted by molar-refractivity contribution is 5.79. The van der Waals surface area contributed by atoms with Crippen molar-refractivity contribution in [1.82, 2.24) is 24.6 Å². The lowest BCUT2D eigenvalue weighted by atomic mass is 9.84. The Kier molecular flexibility index (Phi) is 4.76. The van der Waals surface area contributed by atoms with Crippen LogP contribution in [0.1, 0.15) is 37.9 Å². The molecule has 1 aliphatic heterocycles. The summed E-state index contributed by atoms with van der Waals surface area (Å²) in [6, 6.07) is 0. The second kappa shape index (κ2) is 6.77. The summed E-state index contributed by atoms with van der Waals surface area (Å²) in [5.41, 5.74) is 0. The van der Waals surface area contributed by atoms with Gasteiger partial charge in [0.1, 0.15) is 12.2 Å². The Balaban J connectivity index is 1.41. The fourth-order valence-corrected chi connectivity index (χ4v) is 3.42. The van der Waals surface area contributed by atoms with Crippen molar-refractivity contribution < 1.29 is 4.79 Å². The lowest BCUT2D eigenvalue weighted by Gasteiger charge is -2.35. The third kappa shape index (κ3) is 3.48. The van der Waals surface area contributed by atoms with Crippen LogP contribution < -0.4 is 0 Å². The first kappa shape index (κ1) is 15.5. The van der Waals surface area contributed by atoms with E-state index >= 15 is 0 Å². The molecule has 0 atom stereocenters. The zero-order valence-corrected chi connectivity index (χ0v) is 13.7. The largest absolute Gasteiger partial charge is 0.345 e. The highest BCUT2D eigenvalue weighted by Crippen LogP contribution is 2.28. The molecule has 0 radical (unpaired) electrons. The SMILES string of the molecule is CN(CC1CCN(Cc2nncn2C)CC1)C(=O)C1CCC1. The third-order valence-electron chi connectivity index (χ3n) is 5.24. The smallest absolute Gasteiger partial charge is 0.225 e. The Bertz CT molecular complexity index is 502. The molecule has 1 aromatic rings. The number of aryl methyl sites for hydroxylation is 1. The second-order valence-corrected chi connectivity index (χ2v) is 6.92. The molecule has 1 aromatic heterocycles. The molecule has 0 bridgehead atoms. The Morgan fingerprint density at radius 2 is 2.05 bits per heavy atom. The summed E-state index contributed by atoms with van der Waals surface area (Å²) in [5, 5.41) is 8.09. The van der Waals surface area contributed by atoms with Gasteiger partial charge in [0, 0.05) is 26.6 Å². The number of aromatic nitrogens is 3. The Morgan fingerprint density at radius 1 is 1.32 bits per heavy atom. The summed E-state index contributed by atoms with van der Waals surface area (Å²) in [6.07, 6.45) is 7.51. The number of carbonyl (C=O) groups is 1. The van der Waals surface area contributed by atoms with Crippen LogP contribution in [-0.2, 0) is 18.4 Å². The predicted molar refractivity (Wildman–Crippen MR) is 84.0 cm³/mol. The number of amides is 1. The topological polar surface area (TPSA) is 54.3 Å². The molecule has 0 spiro atoms. The van der Waals surface area contributed by atoms with E-state index in [-0.39, 0.29) is 0 Å². The quantitative estimate of drug-likeness (QED) is 0.822. The molecule has 2 fully saturated rings. The lowest BCUT2D eigenvalue weighted by molar-refractivity contribution is -0.137. The predicted octanol–water partition coefficient (Wildman–Crippen LogP) is 1.29. The number of hydrogen-bond acceptors (Lipinski definition) is 4. The summed E-state index contributed by atoms with van der Waals surface area (Å²) in [7, 11) is 3.97. The monoisotopic (exact) mass is 305 g/mol. The van der Waals surface area contributed by atoms with Gasteiger partial charge in [0.25, 0.3) is 0 Å². The van der Waals surface area contributed by atoms with Crippen LogP contribution in [0.25, 0.3) is 0 Å². The first-order chi connectivity index (χ1) is 10.6. The van der Waals surface area contributed by atoms with Crippen LogP contribution in [0.5, 0.6) is 0 Å². The number of likely N-dealkylation sites (tertiary alicyclic amines) is 1. The Labute approximate surface area is 132 Å². The van der Waals surface area contributed by atoms with Gasteiger partial charge in [-0.05, 0) is 44.7 Å². The van der Waals surface area contributed by atoms with E-state index in [9.17, 15) is 4.79 Å². The van der Waals surface area contributed by atoms with Crippen molar-refractivity contribution >= 4 is 5.91 Å². The van der Waals surface area contributed by atoms with Crippen LogP contribution in [0.3, 0.4) is 0 Å². The van der Waals surface area contributed by atoms with E-state index in [4.69, 9.17) is 0 Å². The molecule has 0 unspecified atom stereocenters. The molecule has 1 saturated carbocycles. The van der Waals surface area contributed by atoms with E-state index in [1.165, 1.54) is 19.3 Å². The Hall–Kier alpha value is -1.43. The number of piperidine rings is 1. The highest BCUT2D eigenvalue weighted by atomic mass is 16.2. The van der Waals surface area contributed by atoms with Crippen LogP contribution in [0.15, 0.2) is 6.33 Å². The first-order valence-corrected chi connectivity index (χ1v) is 8.43. The van der Waals surface area contributed by atoms with Crippen molar-refractivity contribution in [2.75, 3.05) is 26.7 Å². The average molecular weight is 305 g/mol. The van der Waals surface area contributed by atoms with Gasteiger partial charge in [-0.15, -0.1) is 10.2 Å². The van der Waals surface area contributed by atoms with Crippen molar-refractivity contribution in [3.63, 3.8) is 0 Å². The summed E-state index contributed by atoms with van der Waals surface area (Å²) >= 11 is 0. The van der Waals surface area contributed by atoms with Gasteiger partial charge in [-0.3, -0.25) is 9.69 Å². The summed E-state index contributed by atoms with van der Waals surface area (Å²) < 4.78 is 1.98. The molecular weight excluding hydrogens is 278 g/mol. The van der Waals surface area contributed by atoms with Gasteiger partial charge < -0.3 is 9.47 Å². The maximum absolute atomic E-state index is 12.2. The van der Waals surface area contributed by atoms with Gasteiger partial charge in [0.05, 0.1) is 6.54 Å². The van der Waals surface area contributed by atoms with Crippen molar-refractivity contribution in [2.24, 2.45) is 18.9 Å². The van der Waals surface area contributed by atoms with Gasteiger partial charge in [-0.1, -0.05) is 6.42 Å². The molecule has 1 saturated heterocycles. The summed E-state index contributed by atoms with van der Waals surface area (Å²) in [5.74, 6) is 2.36. The van der Waals surface area contributed by atoms with E-state index in [2.05, 4.69) is 15.1 Å². The number of hydrogen-bond donors (Lipinski definition) is 0. The van der Waals surface area contributed by atoms with Crippen molar-refractivity contribution in [1.29, 1.82) is 0 Å². The van der Waals surface area contributed by atoms with Crippen LogP contribution >= 0.6 is 0 Å². The molecule has 1 aliphatic carbocycles. The number of carbonyl (C=O) groups excluding carboxylic acids is 1. The zero-order chi connectivity index (χ0) is 15.5. The van der Waals surface area contributed by atoms with Crippen LogP contribution in [-0.4, -0.2) is 57.2 Å².